The topological polar surface area (TPSA) is 26.0 Å². The Hall–Kier alpha value is -0.180. The van der Waals surface area contributed by atoms with Crippen molar-refractivity contribution in [2.24, 2.45) is 11.7 Å². The van der Waals surface area contributed by atoms with Crippen molar-refractivity contribution in [1.29, 1.82) is 0 Å². The third kappa shape index (κ3) is 5.21. The summed E-state index contributed by atoms with van der Waals surface area (Å²) in [5.74, 6) is 1.91. The second kappa shape index (κ2) is 8.08. The fourth-order valence-electron chi connectivity index (χ4n) is 1.57. The van der Waals surface area contributed by atoms with Gasteiger partial charge in [-0.25, -0.2) is 0 Å². The van der Waals surface area contributed by atoms with Gasteiger partial charge in [0.25, 0.3) is 0 Å². The summed E-state index contributed by atoms with van der Waals surface area (Å²) in [6, 6.07) is 6.57. The van der Waals surface area contributed by atoms with Crippen molar-refractivity contribution in [2.75, 3.05) is 5.75 Å². The van der Waals surface area contributed by atoms with E-state index in [1.165, 1.54) is 16.9 Å². The normalized spacial score (nSPS) is 14.5. The smallest absolute Gasteiger partial charge is 0.0449 e. The molecule has 102 valence electrons. The molecule has 0 spiro atoms. The third-order valence-electron chi connectivity index (χ3n) is 3.26. The van der Waals surface area contributed by atoms with Gasteiger partial charge in [-0.3, -0.25) is 0 Å². The van der Waals surface area contributed by atoms with Gasteiger partial charge < -0.3 is 5.73 Å². The van der Waals surface area contributed by atoms with Gasteiger partial charge in [0.05, 0.1) is 0 Å². The van der Waals surface area contributed by atoms with E-state index in [1.807, 2.05) is 11.8 Å². The van der Waals surface area contributed by atoms with E-state index in [0.29, 0.717) is 0 Å². The van der Waals surface area contributed by atoms with Gasteiger partial charge in [-0.05, 0) is 36.5 Å². The number of halogens is 1. The Kier molecular flexibility index (Phi) is 7.13. The second-order valence-corrected chi connectivity index (χ2v) is 6.45. The number of rotatable bonds is 7. The van der Waals surface area contributed by atoms with E-state index in [0.717, 1.165) is 29.5 Å². The molecular formula is C15H24ClNS. The van der Waals surface area contributed by atoms with E-state index < -0.39 is 0 Å². The molecule has 0 saturated carbocycles. The van der Waals surface area contributed by atoms with Crippen molar-refractivity contribution in [3.8, 4) is 0 Å². The van der Waals surface area contributed by atoms with E-state index in [4.69, 9.17) is 17.3 Å². The van der Waals surface area contributed by atoms with Crippen LogP contribution in [0.25, 0.3) is 0 Å². The maximum Gasteiger partial charge on any atom is 0.0449 e. The Balaban J connectivity index is 2.61. The van der Waals surface area contributed by atoms with Crippen molar-refractivity contribution in [1.82, 2.24) is 0 Å². The zero-order valence-corrected chi connectivity index (χ0v) is 13.2. The Labute approximate surface area is 120 Å². The van der Waals surface area contributed by atoms with Crippen molar-refractivity contribution in [3.63, 3.8) is 0 Å². The molecule has 2 atom stereocenters. The van der Waals surface area contributed by atoms with Crippen LogP contribution in [0.15, 0.2) is 23.1 Å². The summed E-state index contributed by atoms with van der Waals surface area (Å²) in [5.41, 5.74) is 7.13. The molecule has 0 radical (unpaired) electrons. The molecule has 0 aliphatic carbocycles. The molecule has 0 heterocycles. The van der Waals surface area contributed by atoms with E-state index in [1.54, 1.807) is 0 Å². The van der Waals surface area contributed by atoms with E-state index >= 15 is 0 Å². The molecule has 0 aliphatic heterocycles. The summed E-state index contributed by atoms with van der Waals surface area (Å²) in [6.45, 7) is 6.62. The van der Waals surface area contributed by atoms with Crippen LogP contribution in [-0.4, -0.2) is 11.8 Å². The number of thioether (sulfide) groups is 1. The zero-order chi connectivity index (χ0) is 13.5. The number of nitrogens with two attached hydrogens (primary N) is 1. The molecule has 2 unspecified atom stereocenters. The van der Waals surface area contributed by atoms with Gasteiger partial charge in [0.2, 0.25) is 0 Å². The summed E-state index contributed by atoms with van der Waals surface area (Å²) in [4.78, 5) is 1.26. The van der Waals surface area contributed by atoms with Crippen LogP contribution in [0.4, 0.5) is 0 Å². The highest BCUT2D eigenvalue weighted by molar-refractivity contribution is 7.99. The molecule has 0 bridgehead atoms. The lowest BCUT2D eigenvalue weighted by atomic mass is 10.1. The predicted octanol–water partition coefficient (Wildman–Crippen LogP) is 4.76. The summed E-state index contributed by atoms with van der Waals surface area (Å²) < 4.78 is 0. The van der Waals surface area contributed by atoms with Gasteiger partial charge in [0, 0.05) is 21.7 Å². The molecule has 1 aromatic carbocycles. The Bertz CT molecular complexity index is 368. The highest BCUT2D eigenvalue weighted by atomic mass is 35.5. The fourth-order valence-corrected chi connectivity index (χ4v) is 2.97. The molecular weight excluding hydrogens is 262 g/mol. The molecule has 0 aliphatic rings. The Morgan fingerprint density at radius 3 is 2.56 bits per heavy atom. The lowest BCUT2D eigenvalue weighted by Gasteiger charge is -2.12. The van der Waals surface area contributed by atoms with E-state index in [2.05, 4.69) is 39.0 Å². The number of benzene rings is 1. The first-order valence-electron chi connectivity index (χ1n) is 6.73. The van der Waals surface area contributed by atoms with Crippen LogP contribution in [-0.2, 0) is 6.42 Å². The molecule has 0 fully saturated rings. The molecule has 18 heavy (non-hydrogen) atoms. The highest BCUT2D eigenvalue weighted by Gasteiger charge is 2.07. The minimum absolute atomic E-state index is 0.209. The molecule has 1 aromatic rings. The predicted molar refractivity (Wildman–Crippen MR) is 83.6 cm³/mol. The fraction of sp³-hybridized carbons (Fsp3) is 0.600. The molecule has 2 N–H and O–H groups in total. The van der Waals surface area contributed by atoms with Crippen LogP contribution < -0.4 is 5.73 Å². The first-order chi connectivity index (χ1) is 8.56. The monoisotopic (exact) mass is 285 g/mol. The first kappa shape index (κ1) is 15.9. The Morgan fingerprint density at radius 2 is 2.00 bits per heavy atom. The SMILES string of the molecule is CCC(C)CSc1ccc(CC(N)CC)c(Cl)c1. The first-order valence-corrected chi connectivity index (χ1v) is 8.09. The number of hydrogen-bond acceptors (Lipinski definition) is 2. The van der Waals surface area contributed by atoms with Crippen LogP contribution in [0.3, 0.4) is 0 Å². The van der Waals surface area contributed by atoms with Gasteiger partial charge in [0.1, 0.15) is 0 Å². The summed E-state index contributed by atoms with van der Waals surface area (Å²) in [6.07, 6.45) is 3.08. The molecule has 0 saturated heterocycles. The minimum atomic E-state index is 0.209. The highest BCUT2D eigenvalue weighted by Crippen LogP contribution is 2.27. The van der Waals surface area contributed by atoms with E-state index in [9.17, 15) is 0 Å². The Morgan fingerprint density at radius 1 is 1.28 bits per heavy atom. The maximum atomic E-state index is 6.31. The number of hydrogen-bond donors (Lipinski definition) is 1. The third-order valence-corrected chi connectivity index (χ3v) is 4.94. The van der Waals surface area contributed by atoms with Gasteiger partial charge in [-0.1, -0.05) is 44.9 Å². The van der Waals surface area contributed by atoms with Crippen LogP contribution in [0.1, 0.15) is 39.2 Å². The van der Waals surface area contributed by atoms with E-state index in [-0.39, 0.29) is 6.04 Å². The van der Waals surface area contributed by atoms with Crippen molar-refractivity contribution < 1.29 is 0 Å². The lowest BCUT2D eigenvalue weighted by molar-refractivity contribution is 0.637. The average molecular weight is 286 g/mol. The van der Waals surface area contributed by atoms with Crippen LogP contribution in [0.5, 0.6) is 0 Å². The van der Waals surface area contributed by atoms with Crippen LogP contribution in [0, 0.1) is 5.92 Å². The second-order valence-electron chi connectivity index (χ2n) is 4.95. The molecule has 1 rings (SSSR count). The van der Waals surface area contributed by atoms with Gasteiger partial charge in [-0.15, -0.1) is 11.8 Å². The molecule has 0 amide bonds. The van der Waals surface area contributed by atoms with Crippen LogP contribution in [0.2, 0.25) is 5.02 Å². The molecule has 0 aromatic heterocycles. The minimum Gasteiger partial charge on any atom is -0.327 e. The quantitative estimate of drug-likeness (QED) is 0.731. The maximum absolute atomic E-state index is 6.31. The molecule has 1 nitrogen and oxygen atoms in total. The van der Waals surface area contributed by atoms with Crippen LogP contribution >= 0.6 is 23.4 Å². The summed E-state index contributed by atoms with van der Waals surface area (Å²) in [5, 5.41) is 0.855. The standard InChI is InChI=1S/C15H24ClNS/c1-4-11(3)10-18-14-7-6-12(15(16)9-14)8-13(17)5-2/h6-7,9,11,13H,4-5,8,10,17H2,1-3H3. The van der Waals surface area contributed by atoms with Gasteiger partial charge in [-0.2, -0.15) is 0 Å². The van der Waals surface area contributed by atoms with Gasteiger partial charge >= 0.3 is 0 Å². The summed E-state index contributed by atoms with van der Waals surface area (Å²) >= 11 is 8.20. The molecule has 3 heteroatoms. The lowest BCUT2D eigenvalue weighted by Crippen LogP contribution is -2.21. The average Bonchev–Trinajstić information content (AvgIpc) is 2.38. The van der Waals surface area contributed by atoms with Gasteiger partial charge in [0.15, 0.2) is 0 Å². The summed E-state index contributed by atoms with van der Waals surface area (Å²) in [7, 11) is 0. The zero-order valence-electron chi connectivity index (χ0n) is 11.6. The van der Waals surface area contributed by atoms with Crippen molar-refractivity contribution >= 4 is 23.4 Å². The van der Waals surface area contributed by atoms with Crippen molar-refractivity contribution in [3.05, 3.63) is 28.8 Å². The largest absolute Gasteiger partial charge is 0.327 e. The van der Waals surface area contributed by atoms with Crippen molar-refractivity contribution in [2.45, 2.75) is 51.0 Å².